The van der Waals surface area contributed by atoms with E-state index in [9.17, 15) is 18.0 Å². The predicted molar refractivity (Wildman–Crippen MR) is 60.4 cm³/mol. The summed E-state index contributed by atoms with van der Waals surface area (Å²) in [6.07, 6.45) is 1.44. The van der Waals surface area contributed by atoms with Gasteiger partial charge in [-0.05, 0) is 6.42 Å². The smallest absolute Gasteiger partial charge is 0.251 e. The summed E-state index contributed by atoms with van der Waals surface area (Å²) in [6, 6.07) is 0.400. The van der Waals surface area contributed by atoms with E-state index in [0.717, 1.165) is 6.42 Å². The van der Waals surface area contributed by atoms with E-state index in [4.69, 9.17) is 5.73 Å². The monoisotopic (exact) mass is 261 g/mol. The third-order valence-corrected chi connectivity index (χ3v) is 2.30. The summed E-state index contributed by atoms with van der Waals surface area (Å²) in [4.78, 5) is 15.2. The molecule has 0 unspecified atom stereocenters. The number of anilines is 1. The van der Waals surface area contributed by atoms with Gasteiger partial charge >= 0.3 is 0 Å². The normalized spacial score (nSPS) is 10.4. The second-order valence-electron chi connectivity index (χ2n) is 3.81. The van der Waals surface area contributed by atoms with E-state index in [1.807, 2.05) is 6.92 Å². The van der Waals surface area contributed by atoms with E-state index in [-0.39, 0.29) is 13.1 Å². The van der Waals surface area contributed by atoms with Crippen LogP contribution in [0.3, 0.4) is 0 Å². The Morgan fingerprint density at radius 1 is 1.39 bits per heavy atom. The van der Waals surface area contributed by atoms with Crippen LogP contribution in [-0.2, 0) is 4.79 Å². The molecule has 0 saturated carbocycles. The Balaban J connectivity index is 3.03. The van der Waals surface area contributed by atoms with Gasteiger partial charge in [0.25, 0.3) is 5.95 Å². The Bertz CT molecular complexity index is 440. The van der Waals surface area contributed by atoms with Crippen LogP contribution in [0.4, 0.5) is 19.0 Å². The minimum atomic E-state index is -1.41. The molecule has 0 aromatic carbocycles. The molecule has 1 aromatic heterocycles. The maximum absolute atomic E-state index is 13.5. The van der Waals surface area contributed by atoms with Gasteiger partial charge in [0.15, 0.2) is 17.5 Å². The lowest BCUT2D eigenvalue weighted by molar-refractivity contribution is -0.116. The van der Waals surface area contributed by atoms with E-state index in [0.29, 0.717) is 12.5 Å². The maximum Gasteiger partial charge on any atom is 0.251 e. The van der Waals surface area contributed by atoms with Crippen molar-refractivity contribution in [2.75, 3.05) is 18.0 Å². The molecule has 4 nitrogen and oxygen atoms in total. The molecular weight excluding hydrogens is 247 g/mol. The van der Waals surface area contributed by atoms with Gasteiger partial charge in [0.1, 0.15) is 0 Å². The first-order valence-corrected chi connectivity index (χ1v) is 5.50. The first-order chi connectivity index (χ1) is 8.45. The number of hydrogen-bond acceptors (Lipinski definition) is 3. The van der Waals surface area contributed by atoms with Crippen molar-refractivity contribution in [2.24, 2.45) is 5.73 Å². The Morgan fingerprint density at radius 3 is 2.61 bits per heavy atom. The third kappa shape index (κ3) is 3.61. The van der Waals surface area contributed by atoms with Crippen LogP contribution in [0.1, 0.15) is 19.8 Å². The second-order valence-corrected chi connectivity index (χ2v) is 3.81. The molecule has 0 aliphatic heterocycles. The number of carbonyl (C=O) groups is 1. The summed E-state index contributed by atoms with van der Waals surface area (Å²) < 4.78 is 39.2. The average Bonchev–Trinajstić information content (AvgIpc) is 2.29. The molecule has 0 atom stereocenters. The van der Waals surface area contributed by atoms with Gasteiger partial charge in [-0.25, -0.2) is 8.78 Å². The molecule has 0 fully saturated rings. The lowest BCUT2D eigenvalue weighted by Gasteiger charge is -2.22. The maximum atomic E-state index is 13.5. The van der Waals surface area contributed by atoms with E-state index in [1.54, 1.807) is 0 Å². The summed E-state index contributed by atoms with van der Waals surface area (Å²) in [7, 11) is 0. The number of unbranched alkanes of at least 4 members (excludes halogenated alkanes) is 1. The molecule has 0 bridgehead atoms. The number of primary amides is 1. The number of pyridine rings is 1. The standard InChI is InChI=1S/C11H14F3N3O/c1-2-3-4-17(6-9(15)18)11-8(13)5-7(12)10(14)16-11/h5H,2-4,6H2,1H3,(H2,15,18). The molecule has 2 N–H and O–H groups in total. The van der Waals surface area contributed by atoms with E-state index >= 15 is 0 Å². The number of nitrogens with zero attached hydrogens (tertiary/aromatic N) is 2. The molecule has 0 radical (unpaired) electrons. The lowest BCUT2D eigenvalue weighted by atomic mass is 10.3. The Labute approximate surface area is 103 Å². The number of rotatable bonds is 6. The van der Waals surface area contributed by atoms with Crippen molar-refractivity contribution < 1.29 is 18.0 Å². The van der Waals surface area contributed by atoms with Crippen LogP contribution < -0.4 is 10.6 Å². The molecule has 1 rings (SSSR count). The van der Waals surface area contributed by atoms with Crippen LogP contribution in [-0.4, -0.2) is 24.0 Å². The largest absolute Gasteiger partial charge is 0.368 e. The van der Waals surface area contributed by atoms with Crippen LogP contribution in [0.25, 0.3) is 0 Å². The highest BCUT2D eigenvalue weighted by Crippen LogP contribution is 2.19. The Morgan fingerprint density at radius 2 is 2.06 bits per heavy atom. The molecule has 0 aliphatic rings. The zero-order valence-corrected chi connectivity index (χ0v) is 9.92. The number of nitrogens with two attached hydrogens (primary N) is 1. The zero-order valence-electron chi connectivity index (χ0n) is 9.92. The fraction of sp³-hybridized carbons (Fsp3) is 0.455. The molecular formula is C11H14F3N3O. The third-order valence-electron chi connectivity index (χ3n) is 2.30. The Hall–Kier alpha value is -1.79. The number of hydrogen-bond donors (Lipinski definition) is 1. The van der Waals surface area contributed by atoms with Gasteiger partial charge in [-0.2, -0.15) is 9.37 Å². The topological polar surface area (TPSA) is 59.2 Å². The van der Waals surface area contributed by atoms with Gasteiger partial charge in [-0.3, -0.25) is 4.79 Å². The summed E-state index contributed by atoms with van der Waals surface area (Å²) in [5.41, 5.74) is 5.02. The Kier molecular flexibility index (Phi) is 4.94. The zero-order chi connectivity index (χ0) is 13.7. The minimum absolute atomic E-state index is 0.286. The van der Waals surface area contributed by atoms with Gasteiger partial charge in [0, 0.05) is 12.6 Å². The van der Waals surface area contributed by atoms with Gasteiger partial charge in [-0.15, -0.1) is 0 Å². The number of amides is 1. The van der Waals surface area contributed by atoms with Gasteiger partial charge in [0.05, 0.1) is 6.54 Å². The fourth-order valence-electron chi connectivity index (χ4n) is 1.45. The predicted octanol–water partition coefficient (Wildman–Crippen LogP) is 1.59. The number of halogens is 3. The molecule has 7 heteroatoms. The van der Waals surface area contributed by atoms with Gasteiger partial charge in [-0.1, -0.05) is 13.3 Å². The van der Waals surface area contributed by atoms with Crippen LogP contribution in [0.5, 0.6) is 0 Å². The summed E-state index contributed by atoms with van der Waals surface area (Å²) in [5.74, 6) is -4.90. The highest BCUT2D eigenvalue weighted by Gasteiger charge is 2.18. The molecule has 18 heavy (non-hydrogen) atoms. The first kappa shape index (κ1) is 14.3. The molecule has 1 amide bonds. The molecule has 0 spiro atoms. The average molecular weight is 261 g/mol. The summed E-state index contributed by atoms with van der Waals surface area (Å²) >= 11 is 0. The van der Waals surface area contributed by atoms with Crippen molar-refractivity contribution in [1.82, 2.24) is 4.98 Å². The number of aromatic nitrogens is 1. The molecule has 1 heterocycles. The SMILES string of the molecule is CCCCN(CC(N)=O)c1nc(F)c(F)cc1F. The van der Waals surface area contributed by atoms with Gasteiger partial charge < -0.3 is 10.6 Å². The minimum Gasteiger partial charge on any atom is -0.368 e. The molecule has 100 valence electrons. The van der Waals surface area contributed by atoms with Crippen LogP contribution in [0, 0.1) is 17.6 Å². The first-order valence-electron chi connectivity index (χ1n) is 5.50. The van der Waals surface area contributed by atoms with Crippen molar-refractivity contribution >= 4 is 11.7 Å². The van der Waals surface area contributed by atoms with Crippen molar-refractivity contribution in [2.45, 2.75) is 19.8 Å². The quantitative estimate of drug-likeness (QED) is 0.791. The van der Waals surface area contributed by atoms with Crippen molar-refractivity contribution in [3.63, 3.8) is 0 Å². The van der Waals surface area contributed by atoms with E-state index < -0.39 is 29.3 Å². The van der Waals surface area contributed by atoms with E-state index in [2.05, 4.69) is 4.98 Å². The fourth-order valence-corrected chi connectivity index (χ4v) is 1.45. The van der Waals surface area contributed by atoms with Crippen molar-refractivity contribution in [3.05, 3.63) is 23.6 Å². The van der Waals surface area contributed by atoms with Crippen molar-refractivity contribution in [3.8, 4) is 0 Å². The summed E-state index contributed by atoms with van der Waals surface area (Å²) in [5, 5.41) is 0. The lowest BCUT2D eigenvalue weighted by Crippen LogP contribution is -2.36. The van der Waals surface area contributed by atoms with Crippen LogP contribution >= 0.6 is 0 Å². The highest BCUT2D eigenvalue weighted by molar-refractivity contribution is 5.79. The van der Waals surface area contributed by atoms with Crippen LogP contribution in [0.2, 0.25) is 0 Å². The highest BCUT2D eigenvalue weighted by atomic mass is 19.2. The summed E-state index contributed by atoms with van der Waals surface area (Å²) in [6.45, 7) is 1.89. The molecule has 1 aromatic rings. The van der Waals surface area contributed by atoms with E-state index in [1.165, 1.54) is 4.90 Å². The number of carbonyl (C=O) groups excluding carboxylic acids is 1. The molecule has 0 aliphatic carbocycles. The second kappa shape index (κ2) is 6.23. The van der Waals surface area contributed by atoms with Crippen molar-refractivity contribution in [1.29, 1.82) is 0 Å². The van der Waals surface area contributed by atoms with Gasteiger partial charge in [0.2, 0.25) is 5.91 Å². The van der Waals surface area contributed by atoms with Crippen LogP contribution in [0.15, 0.2) is 6.07 Å². The molecule has 0 saturated heterocycles.